The quantitative estimate of drug-likeness (QED) is 0.889. The summed E-state index contributed by atoms with van der Waals surface area (Å²) in [5, 5.41) is 2.13. The zero-order valence-electron chi connectivity index (χ0n) is 12.6. The molecule has 0 bridgehead atoms. The van der Waals surface area contributed by atoms with Gasteiger partial charge in [-0.2, -0.15) is 0 Å². The monoisotopic (exact) mass is 302 g/mol. The molecule has 1 saturated carbocycles. The van der Waals surface area contributed by atoms with Crippen molar-refractivity contribution < 1.29 is 0 Å². The molecule has 112 valence electrons. The topological polar surface area (TPSA) is 55.0 Å². The van der Waals surface area contributed by atoms with Gasteiger partial charge < -0.3 is 10.6 Å². The third kappa shape index (κ3) is 3.24. The van der Waals surface area contributed by atoms with Crippen molar-refractivity contribution in [2.75, 3.05) is 4.90 Å². The van der Waals surface area contributed by atoms with Crippen LogP contribution in [-0.4, -0.2) is 16.0 Å². The van der Waals surface area contributed by atoms with E-state index in [-0.39, 0.29) is 0 Å². The number of nitrogens with two attached hydrogens (primary N) is 1. The van der Waals surface area contributed by atoms with Crippen LogP contribution in [0.15, 0.2) is 23.7 Å². The first-order chi connectivity index (χ1) is 10.2. The predicted octanol–water partition coefficient (Wildman–Crippen LogP) is 3.29. The van der Waals surface area contributed by atoms with Crippen LogP contribution >= 0.6 is 11.3 Å². The molecule has 0 spiro atoms. The van der Waals surface area contributed by atoms with Crippen molar-refractivity contribution in [2.24, 2.45) is 5.73 Å². The molecule has 0 aromatic carbocycles. The summed E-state index contributed by atoms with van der Waals surface area (Å²) in [5.74, 6) is 1.21. The SMILES string of the molecule is CC(C)c1ncc(N(Cc2cccs2)C2CC2)c(CN)n1. The van der Waals surface area contributed by atoms with E-state index in [1.165, 1.54) is 17.7 Å². The Morgan fingerprint density at radius 2 is 2.24 bits per heavy atom. The average molecular weight is 302 g/mol. The largest absolute Gasteiger partial charge is 0.361 e. The van der Waals surface area contributed by atoms with Crippen molar-refractivity contribution in [1.82, 2.24) is 9.97 Å². The molecule has 1 fully saturated rings. The van der Waals surface area contributed by atoms with Crippen LogP contribution in [0.1, 0.15) is 49.0 Å². The standard InChI is InChI=1S/C16H22N4S/c1-11(2)16-18-9-15(14(8-17)19-16)20(12-5-6-12)10-13-4-3-7-21-13/h3-4,7,9,11-12H,5-6,8,10,17H2,1-2H3. The fourth-order valence-electron chi connectivity index (χ4n) is 2.46. The molecule has 5 heteroatoms. The molecular formula is C16H22N4S. The molecule has 21 heavy (non-hydrogen) atoms. The number of anilines is 1. The van der Waals surface area contributed by atoms with Crippen molar-refractivity contribution >= 4 is 17.0 Å². The lowest BCUT2D eigenvalue weighted by atomic mass is 10.2. The highest BCUT2D eigenvalue weighted by molar-refractivity contribution is 7.09. The fourth-order valence-corrected chi connectivity index (χ4v) is 3.16. The second-order valence-electron chi connectivity index (χ2n) is 5.86. The summed E-state index contributed by atoms with van der Waals surface area (Å²) in [6.45, 7) is 5.62. The van der Waals surface area contributed by atoms with E-state index in [9.17, 15) is 0 Å². The molecule has 3 rings (SSSR count). The van der Waals surface area contributed by atoms with Gasteiger partial charge in [0.15, 0.2) is 0 Å². The maximum absolute atomic E-state index is 5.94. The highest BCUT2D eigenvalue weighted by Gasteiger charge is 2.31. The Morgan fingerprint density at radius 1 is 1.43 bits per heavy atom. The van der Waals surface area contributed by atoms with Gasteiger partial charge in [0, 0.05) is 23.4 Å². The van der Waals surface area contributed by atoms with Crippen LogP contribution in [0.5, 0.6) is 0 Å². The first-order valence-corrected chi connectivity index (χ1v) is 8.42. The van der Waals surface area contributed by atoms with Crippen LogP contribution in [-0.2, 0) is 13.1 Å². The second kappa shape index (κ2) is 6.12. The normalized spacial score (nSPS) is 14.7. The van der Waals surface area contributed by atoms with Gasteiger partial charge in [-0.3, -0.25) is 0 Å². The van der Waals surface area contributed by atoms with E-state index < -0.39 is 0 Å². The van der Waals surface area contributed by atoms with Gasteiger partial charge in [-0.05, 0) is 24.3 Å². The Kier molecular flexibility index (Phi) is 4.22. The van der Waals surface area contributed by atoms with Crippen LogP contribution in [0, 0.1) is 0 Å². The van der Waals surface area contributed by atoms with Crippen molar-refractivity contribution in [3.05, 3.63) is 40.1 Å². The summed E-state index contributed by atoms with van der Waals surface area (Å²) in [6, 6.07) is 4.91. The number of hydrogen-bond donors (Lipinski definition) is 1. The van der Waals surface area contributed by atoms with Crippen LogP contribution in [0.2, 0.25) is 0 Å². The van der Waals surface area contributed by atoms with Gasteiger partial charge in [0.2, 0.25) is 0 Å². The smallest absolute Gasteiger partial charge is 0.131 e. The van der Waals surface area contributed by atoms with E-state index in [1.54, 1.807) is 11.3 Å². The van der Waals surface area contributed by atoms with Gasteiger partial charge in [0.05, 0.1) is 24.1 Å². The number of thiophene rings is 1. The Labute approximate surface area is 130 Å². The lowest BCUT2D eigenvalue weighted by Crippen LogP contribution is -2.27. The molecule has 4 nitrogen and oxygen atoms in total. The van der Waals surface area contributed by atoms with Crippen molar-refractivity contribution in [2.45, 2.75) is 51.7 Å². The molecule has 2 N–H and O–H groups in total. The minimum Gasteiger partial charge on any atom is -0.361 e. The molecule has 2 aromatic rings. The Bertz CT molecular complexity index is 590. The van der Waals surface area contributed by atoms with Crippen molar-refractivity contribution in [1.29, 1.82) is 0 Å². The van der Waals surface area contributed by atoms with E-state index >= 15 is 0 Å². The zero-order chi connectivity index (χ0) is 14.8. The number of rotatable bonds is 6. The minimum absolute atomic E-state index is 0.330. The maximum Gasteiger partial charge on any atom is 0.131 e. The minimum atomic E-state index is 0.330. The molecular weight excluding hydrogens is 280 g/mol. The molecule has 0 atom stereocenters. The van der Waals surface area contributed by atoms with Crippen LogP contribution in [0.3, 0.4) is 0 Å². The highest BCUT2D eigenvalue weighted by atomic mass is 32.1. The molecule has 2 aromatic heterocycles. The fraction of sp³-hybridized carbons (Fsp3) is 0.500. The van der Waals surface area contributed by atoms with Gasteiger partial charge in [-0.15, -0.1) is 11.3 Å². The first-order valence-electron chi connectivity index (χ1n) is 7.54. The Hall–Kier alpha value is -1.46. The molecule has 0 aliphatic heterocycles. The molecule has 1 aliphatic carbocycles. The number of aromatic nitrogens is 2. The van der Waals surface area contributed by atoms with Gasteiger partial charge in [0.25, 0.3) is 0 Å². The highest BCUT2D eigenvalue weighted by Crippen LogP contribution is 2.35. The lowest BCUT2D eigenvalue weighted by molar-refractivity contribution is 0.733. The molecule has 0 saturated heterocycles. The van der Waals surface area contributed by atoms with Gasteiger partial charge >= 0.3 is 0 Å². The second-order valence-corrected chi connectivity index (χ2v) is 6.89. The van der Waals surface area contributed by atoms with Crippen molar-refractivity contribution in [3.8, 4) is 0 Å². The van der Waals surface area contributed by atoms with E-state index in [0.29, 0.717) is 18.5 Å². The first kappa shape index (κ1) is 14.5. The molecule has 0 unspecified atom stereocenters. The van der Waals surface area contributed by atoms with Crippen LogP contribution in [0.4, 0.5) is 5.69 Å². The number of hydrogen-bond acceptors (Lipinski definition) is 5. The molecule has 1 aliphatic rings. The summed E-state index contributed by atoms with van der Waals surface area (Å²) in [6.07, 6.45) is 4.47. The van der Waals surface area contributed by atoms with Crippen LogP contribution in [0.25, 0.3) is 0 Å². The predicted molar refractivity (Wildman–Crippen MR) is 87.5 cm³/mol. The van der Waals surface area contributed by atoms with Gasteiger partial charge in [0.1, 0.15) is 5.82 Å². The summed E-state index contributed by atoms with van der Waals surface area (Å²) in [7, 11) is 0. The van der Waals surface area contributed by atoms with Gasteiger partial charge in [-0.1, -0.05) is 19.9 Å². The molecule has 0 radical (unpaired) electrons. The lowest BCUT2D eigenvalue weighted by Gasteiger charge is -2.26. The molecule has 0 amide bonds. The van der Waals surface area contributed by atoms with Crippen LogP contribution < -0.4 is 10.6 Å². The summed E-state index contributed by atoms with van der Waals surface area (Å²) in [4.78, 5) is 13.0. The number of nitrogens with zero attached hydrogens (tertiary/aromatic N) is 3. The van der Waals surface area contributed by atoms with E-state index in [2.05, 4.69) is 46.2 Å². The summed E-state index contributed by atoms with van der Waals surface area (Å²) >= 11 is 1.80. The van der Waals surface area contributed by atoms with Gasteiger partial charge in [-0.25, -0.2) is 9.97 Å². The van der Waals surface area contributed by atoms with Crippen molar-refractivity contribution in [3.63, 3.8) is 0 Å². The third-order valence-corrected chi connectivity index (χ3v) is 4.64. The molecule has 2 heterocycles. The van der Waals surface area contributed by atoms with E-state index in [1.807, 2.05) is 6.20 Å². The average Bonchev–Trinajstić information content (AvgIpc) is 3.21. The van der Waals surface area contributed by atoms with E-state index in [4.69, 9.17) is 5.73 Å². The maximum atomic E-state index is 5.94. The van der Waals surface area contributed by atoms with E-state index in [0.717, 1.165) is 23.8 Å². The zero-order valence-corrected chi connectivity index (χ0v) is 13.4. The summed E-state index contributed by atoms with van der Waals surface area (Å²) in [5.41, 5.74) is 8.02. The third-order valence-electron chi connectivity index (χ3n) is 3.78. The summed E-state index contributed by atoms with van der Waals surface area (Å²) < 4.78 is 0. The Morgan fingerprint density at radius 3 is 2.81 bits per heavy atom. The Balaban J connectivity index is 1.91.